The molecule has 0 atom stereocenters. The Balaban J connectivity index is 1.33. The normalized spacial score (nSPS) is 15.5. The zero-order chi connectivity index (χ0) is 22.9. The highest BCUT2D eigenvalue weighted by atomic mass is 19.1. The SMILES string of the molecule is CN(C)C1CCN(Cc2ccc(-c3ccc4nc(-c5cccc(F)c5)n(C)c4c3)cc2)CC1. The second-order valence-electron chi connectivity index (χ2n) is 9.38. The van der Waals surface area contributed by atoms with Gasteiger partial charge in [-0.15, -0.1) is 0 Å². The van der Waals surface area contributed by atoms with Crippen molar-refractivity contribution in [2.24, 2.45) is 7.05 Å². The van der Waals surface area contributed by atoms with Gasteiger partial charge in [0.1, 0.15) is 11.6 Å². The van der Waals surface area contributed by atoms with Gasteiger partial charge in [-0.1, -0.05) is 42.5 Å². The summed E-state index contributed by atoms with van der Waals surface area (Å²) >= 11 is 0. The minimum absolute atomic E-state index is 0.248. The summed E-state index contributed by atoms with van der Waals surface area (Å²) < 4.78 is 15.8. The molecular formula is C28H31FN4. The Hall–Kier alpha value is -3.02. The van der Waals surface area contributed by atoms with Crippen LogP contribution in [0, 0.1) is 5.82 Å². The van der Waals surface area contributed by atoms with Gasteiger partial charge in [-0.2, -0.15) is 0 Å². The molecule has 3 aromatic carbocycles. The number of nitrogens with zero attached hydrogens (tertiary/aromatic N) is 4. The number of halogens is 1. The van der Waals surface area contributed by atoms with Gasteiger partial charge in [0.25, 0.3) is 0 Å². The van der Waals surface area contributed by atoms with Crippen molar-refractivity contribution in [1.29, 1.82) is 0 Å². The van der Waals surface area contributed by atoms with Crippen LogP contribution in [0.2, 0.25) is 0 Å². The van der Waals surface area contributed by atoms with Gasteiger partial charge in [0.15, 0.2) is 0 Å². The van der Waals surface area contributed by atoms with E-state index in [0.717, 1.165) is 47.6 Å². The molecule has 0 radical (unpaired) electrons. The number of hydrogen-bond donors (Lipinski definition) is 0. The van der Waals surface area contributed by atoms with E-state index >= 15 is 0 Å². The molecule has 0 N–H and O–H groups in total. The number of aryl methyl sites for hydroxylation is 1. The number of aromatic nitrogens is 2. The largest absolute Gasteiger partial charge is 0.327 e. The van der Waals surface area contributed by atoms with Gasteiger partial charge in [0, 0.05) is 25.2 Å². The summed E-state index contributed by atoms with van der Waals surface area (Å²) in [6, 6.07) is 22.6. The van der Waals surface area contributed by atoms with Crippen LogP contribution in [0.4, 0.5) is 4.39 Å². The molecular weight excluding hydrogens is 411 g/mol. The lowest BCUT2D eigenvalue weighted by Gasteiger charge is -2.35. The highest BCUT2D eigenvalue weighted by Gasteiger charge is 2.20. The first-order chi connectivity index (χ1) is 16.0. The van der Waals surface area contributed by atoms with Gasteiger partial charge in [-0.25, -0.2) is 9.37 Å². The van der Waals surface area contributed by atoms with Crippen LogP contribution in [-0.4, -0.2) is 52.6 Å². The van der Waals surface area contributed by atoms with Crippen molar-refractivity contribution in [3.63, 3.8) is 0 Å². The van der Waals surface area contributed by atoms with E-state index in [-0.39, 0.29) is 5.82 Å². The molecule has 0 saturated carbocycles. The molecule has 1 fully saturated rings. The molecule has 33 heavy (non-hydrogen) atoms. The van der Waals surface area contributed by atoms with E-state index < -0.39 is 0 Å². The molecule has 4 aromatic rings. The van der Waals surface area contributed by atoms with Gasteiger partial charge in [0.2, 0.25) is 0 Å². The third-order valence-electron chi connectivity index (χ3n) is 6.94. The van der Waals surface area contributed by atoms with Crippen LogP contribution in [-0.2, 0) is 13.6 Å². The number of benzene rings is 3. The summed E-state index contributed by atoms with van der Waals surface area (Å²) in [6.07, 6.45) is 2.49. The van der Waals surface area contributed by atoms with E-state index in [1.807, 2.05) is 17.7 Å². The first-order valence-corrected chi connectivity index (χ1v) is 11.7. The Bertz CT molecular complexity index is 1250. The van der Waals surface area contributed by atoms with Gasteiger partial charge in [0.05, 0.1) is 11.0 Å². The maximum Gasteiger partial charge on any atom is 0.140 e. The average molecular weight is 443 g/mol. The monoisotopic (exact) mass is 442 g/mol. The van der Waals surface area contributed by atoms with Crippen molar-refractivity contribution in [2.45, 2.75) is 25.4 Å². The van der Waals surface area contributed by atoms with Crippen LogP contribution in [0.25, 0.3) is 33.5 Å². The molecule has 5 rings (SSSR count). The quantitative estimate of drug-likeness (QED) is 0.404. The van der Waals surface area contributed by atoms with Crippen molar-refractivity contribution < 1.29 is 4.39 Å². The Kier molecular flexibility index (Phi) is 6.00. The Morgan fingerprint density at radius 2 is 1.64 bits per heavy atom. The number of likely N-dealkylation sites (tertiary alicyclic amines) is 1. The number of piperidine rings is 1. The molecule has 1 aliphatic heterocycles. The minimum atomic E-state index is -0.248. The van der Waals surface area contributed by atoms with E-state index in [1.54, 1.807) is 6.07 Å². The number of rotatable bonds is 5. The highest BCUT2D eigenvalue weighted by Crippen LogP contribution is 2.29. The summed E-state index contributed by atoms with van der Waals surface area (Å²) in [5.41, 5.74) is 6.46. The smallest absolute Gasteiger partial charge is 0.140 e. The highest BCUT2D eigenvalue weighted by molar-refractivity contribution is 5.85. The van der Waals surface area contributed by atoms with E-state index in [1.165, 1.54) is 36.1 Å². The molecule has 0 bridgehead atoms. The first-order valence-electron chi connectivity index (χ1n) is 11.7. The number of imidazole rings is 1. The zero-order valence-corrected chi connectivity index (χ0v) is 19.6. The molecule has 1 saturated heterocycles. The lowest BCUT2D eigenvalue weighted by Crippen LogP contribution is -2.41. The fourth-order valence-electron chi connectivity index (χ4n) is 4.91. The summed E-state index contributed by atoms with van der Waals surface area (Å²) in [5.74, 6) is 0.525. The molecule has 0 aliphatic carbocycles. The van der Waals surface area contributed by atoms with Crippen LogP contribution in [0.1, 0.15) is 18.4 Å². The summed E-state index contributed by atoms with van der Waals surface area (Å²) in [6.45, 7) is 3.34. The van der Waals surface area contributed by atoms with Gasteiger partial charge in [-0.3, -0.25) is 4.90 Å². The Morgan fingerprint density at radius 1 is 0.909 bits per heavy atom. The lowest BCUT2D eigenvalue weighted by molar-refractivity contribution is 0.140. The molecule has 0 amide bonds. The predicted molar refractivity (Wildman–Crippen MR) is 134 cm³/mol. The topological polar surface area (TPSA) is 24.3 Å². The molecule has 5 heteroatoms. The predicted octanol–water partition coefficient (Wildman–Crippen LogP) is 5.57. The second-order valence-corrected chi connectivity index (χ2v) is 9.38. The standard InChI is InChI=1S/C28H31FN4/c1-31(2)25-13-15-33(16-14-25)19-20-7-9-21(10-8-20)22-11-12-26-27(18-22)32(3)28(30-26)23-5-4-6-24(29)17-23/h4-12,17-18,25H,13-16,19H2,1-3H3. The van der Waals surface area contributed by atoms with Crippen LogP contribution in [0.15, 0.2) is 66.7 Å². The number of hydrogen-bond acceptors (Lipinski definition) is 3. The Labute approximate surface area is 195 Å². The summed E-state index contributed by atoms with van der Waals surface area (Å²) in [7, 11) is 6.36. The summed E-state index contributed by atoms with van der Waals surface area (Å²) in [4.78, 5) is 9.66. The first kappa shape index (κ1) is 21.8. The van der Waals surface area contributed by atoms with Crippen molar-refractivity contribution in [2.75, 3.05) is 27.2 Å². The van der Waals surface area contributed by atoms with Gasteiger partial charge in [-0.05, 0) is 81.0 Å². The van der Waals surface area contributed by atoms with E-state index in [9.17, 15) is 4.39 Å². The second kappa shape index (κ2) is 9.08. The van der Waals surface area contributed by atoms with Crippen LogP contribution < -0.4 is 0 Å². The van der Waals surface area contributed by atoms with Crippen molar-refractivity contribution in [3.8, 4) is 22.5 Å². The van der Waals surface area contributed by atoms with E-state index in [4.69, 9.17) is 4.98 Å². The number of fused-ring (bicyclic) bond motifs is 1. The average Bonchev–Trinajstić information content (AvgIpc) is 3.16. The molecule has 4 nitrogen and oxygen atoms in total. The fourth-order valence-corrected chi connectivity index (χ4v) is 4.91. The molecule has 170 valence electrons. The van der Waals surface area contributed by atoms with Crippen LogP contribution in [0.3, 0.4) is 0 Å². The molecule has 2 heterocycles. The lowest BCUT2D eigenvalue weighted by atomic mass is 10.0. The van der Waals surface area contributed by atoms with Crippen molar-refractivity contribution in [1.82, 2.24) is 19.4 Å². The zero-order valence-electron chi connectivity index (χ0n) is 19.6. The Morgan fingerprint density at radius 3 is 2.33 bits per heavy atom. The summed E-state index contributed by atoms with van der Waals surface area (Å²) in [5, 5.41) is 0. The van der Waals surface area contributed by atoms with E-state index in [2.05, 4.69) is 66.4 Å². The van der Waals surface area contributed by atoms with E-state index in [0.29, 0.717) is 6.04 Å². The third-order valence-corrected chi connectivity index (χ3v) is 6.94. The maximum absolute atomic E-state index is 13.7. The molecule has 0 spiro atoms. The van der Waals surface area contributed by atoms with Gasteiger partial charge < -0.3 is 9.47 Å². The fraction of sp³-hybridized carbons (Fsp3) is 0.321. The molecule has 1 aliphatic rings. The third kappa shape index (κ3) is 4.56. The van der Waals surface area contributed by atoms with Gasteiger partial charge >= 0.3 is 0 Å². The van der Waals surface area contributed by atoms with Crippen LogP contribution in [0.5, 0.6) is 0 Å². The minimum Gasteiger partial charge on any atom is -0.327 e. The van der Waals surface area contributed by atoms with Crippen molar-refractivity contribution in [3.05, 3.63) is 78.1 Å². The molecule has 0 unspecified atom stereocenters. The van der Waals surface area contributed by atoms with Crippen molar-refractivity contribution >= 4 is 11.0 Å². The maximum atomic E-state index is 13.7. The molecule has 1 aromatic heterocycles. The van der Waals surface area contributed by atoms with Crippen LogP contribution >= 0.6 is 0 Å².